The molecule has 0 aromatic heterocycles. The second-order valence-electron chi connectivity index (χ2n) is 4.82. The van der Waals surface area contributed by atoms with E-state index in [4.69, 9.17) is 10.5 Å². The number of hydrogen-bond acceptors (Lipinski definition) is 4. The fourth-order valence-corrected chi connectivity index (χ4v) is 1.94. The van der Waals surface area contributed by atoms with Gasteiger partial charge in [0.05, 0.1) is 0 Å². The van der Waals surface area contributed by atoms with Crippen LogP contribution in [0.5, 0.6) is 0 Å². The van der Waals surface area contributed by atoms with Crippen molar-refractivity contribution < 1.29 is 14.3 Å². The summed E-state index contributed by atoms with van der Waals surface area (Å²) in [6.07, 6.45) is 11.1. The van der Waals surface area contributed by atoms with Crippen LogP contribution in [0.4, 0.5) is 0 Å². The van der Waals surface area contributed by atoms with Gasteiger partial charge in [-0.25, -0.2) is 0 Å². The zero-order chi connectivity index (χ0) is 14.5. The molecule has 114 valence electrons. The molecule has 0 heterocycles. The minimum atomic E-state index is -1.12. The summed E-state index contributed by atoms with van der Waals surface area (Å²) in [5, 5.41) is 0. The predicted molar refractivity (Wildman–Crippen MR) is 87.1 cm³/mol. The predicted octanol–water partition coefficient (Wildman–Crippen LogP) is 2.54. The van der Waals surface area contributed by atoms with E-state index in [2.05, 4.69) is 19.6 Å². The third kappa shape index (κ3) is 15.3. The second kappa shape index (κ2) is 16.3. The number of esters is 1. The Bertz CT molecular complexity index is 265. The normalized spacial score (nSPS) is 11.5. The van der Waals surface area contributed by atoms with Crippen molar-refractivity contribution in [3.05, 3.63) is 0 Å². The van der Waals surface area contributed by atoms with Crippen LogP contribution < -0.4 is 5.73 Å². The molecule has 1 unspecified atom stereocenters. The Balaban J connectivity index is 0. The number of ether oxygens (including phenoxy) is 1. The van der Waals surface area contributed by atoms with Gasteiger partial charge < -0.3 is 10.5 Å². The van der Waals surface area contributed by atoms with Crippen LogP contribution >= 0.6 is 12.6 Å². The van der Waals surface area contributed by atoms with Crippen molar-refractivity contribution in [2.75, 3.05) is 0 Å². The van der Waals surface area contributed by atoms with Crippen molar-refractivity contribution in [2.45, 2.75) is 76.6 Å². The number of nitrogens with two attached hydrogens (primary N) is 1. The number of carbonyl (C=O) groups is 2. The van der Waals surface area contributed by atoms with Gasteiger partial charge in [0, 0.05) is 6.42 Å². The first kappa shape index (κ1) is 23.2. The number of amides is 1. The zero-order valence-electron chi connectivity index (χ0n) is 11.9. The maximum atomic E-state index is 11.3. The molecule has 0 aliphatic rings. The molecule has 6 heteroatoms. The fraction of sp³-hybridized carbons (Fsp3) is 0.857. The summed E-state index contributed by atoms with van der Waals surface area (Å²) in [4.78, 5) is 21.9. The van der Waals surface area contributed by atoms with Crippen molar-refractivity contribution >= 4 is 75.9 Å². The van der Waals surface area contributed by atoms with E-state index in [0.29, 0.717) is 6.42 Å². The summed E-state index contributed by atoms with van der Waals surface area (Å²) >= 11 is 3.77. The van der Waals surface area contributed by atoms with Gasteiger partial charge >= 0.3 is 57.4 Å². The summed E-state index contributed by atoms with van der Waals surface area (Å²) in [5.74, 6) is -1.13. The number of primary amides is 1. The molecule has 1 amide bonds. The first-order chi connectivity index (χ1) is 9.07. The average molecular weight is 330 g/mol. The Morgan fingerprint density at radius 2 is 1.45 bits per heavy atom. The van der Waals surface area contributed by atoms with E-state index in [-0.39, 0.29) is 51.4 Å². The van der Waals surface area contributed by atoms with Gasteiger partial charge in [-0.3, -0.25) is 9.59 Å². The van der Waals surface area contributed by atoms with E-state index in [1.165, 1.54) is 38.5 Å². The molecular formula is C14H28KNO3S. The second-order valence-corrected chi connectivity index (χ2v) is 5.29. The van der Waals surface area contributed by atoms with E-state index < -0.39 is 17.3 Å². The van der Waals surface area contributed by atoms with Crippen LogP contribution in [-0.4, -0.2) is 68.7 Å². The molecule has 2 N–H and O–H groups in total. The fourth-order valence-electron chi connectivity index (χ4n) is 1.82. The molecular weight excluding hydrogens is 301 g/mol. The Labute approximate surface area is 170 Å². The van der Waals surface area contributed by atoms with Crippen LogP contribution in [-0.2, 0) is 14.3 Å². The Hall–Kier alpha value is 0.926. The van der Waals surface area contributed by atoms with Crippen molar-refractivity contribution in [3.63, 3.8) is 0 Å². The standard InChI is InChI=1S/C14H27NO3S.K.H/c1-2-3-4-5-6-7-8-9-10-11-12(16)18-14(19)13(15)17;;/h14,19H,2-11H2,1H3,(H2,15,17);;. The molecule has 0 saturated heterocycles. The van der Waals surface area contributed by atoms with E-state index in [0.717, 1.165) is 19.3 Å². The summed E-state index contributed by atoms with van der Waals surface area (Å²) in [6, 6.07) is 0. The van der Waals surface area contributed by atoms with Gasteiger partial charge in [0.15, 0.2) is 0 Å². The summed E-state index contributed by atoms with van der Waals surface area (Å²) in [5.41, 5.74) is 3.82. The molecule has 20 heavy (non-hydrogen) atoms. The first-order valence-corrected chi connectivity index (χ1v) is 7.76. The van der Waals surface area contributed by atoms with Gasteiger partial charge in [-0.2, -0.15) is 0 Å². The molecule has 0 rings (SSSR count). The molecule has 0 aromatic carbocycles. The maximum absolute atomic E-state index is 11.3. The van der Waals surface area contributed by atoms with Crippen LogP contribution in [0.25, 0.3) is 0 Å². The average Bonchev–Trinajstić information content (AvgIpc) is 2.36. The number of carbonyl (C=O) groups excluding carboxylic acids is 2. The molecule has 4 nitrogen and oxygen atoms in total. The first-order valence-electron chi connectivity index (χ1n) is 7.24. The van der Waals surface area contributed by atoms with Crippen LogP contribution in [0.3, 0.4) is 0 Å². The van der Waals surface area contributed by atoms with Gasteiger partial charge in [-0.15, -0.1) is 12.6 Å². The van der Waals surface area contributed by atoms with Crippen LogP contribution in [0.1, 0.15) is 71.1 Å². The molecule has 0 spiro atoms. The summed E-state index contributed by atoms with van der Waals surface area (Å²) in [7, 11) is 0. The molecule has 0 aliphatic carbocycles. The summed E-state index contributed by atoms with van der Waals surface area (Å²) < 4.78 is 4.73. The third-order valence-electron chi connectivity index (χ3n) is 2.97. The van der Waals surface area contributed by atoms with E-state index in [9.17, 15) is 9.59 Å². The topological polar surface area (TPSA) is 69.4 Å². The van der Waals surface area contributed by atoms with Gasteiger partial charge in [-0.05, 0) is 6.42 Å². The Kier molecular flexibility index (Phi) is 18.9. The minimum absolute atomic E-state index is 0. The number of rotatable bonds is 12. The number of hydrogen-bond donors (Lipinski definition) is 2. The molecule has 0 saturated carbocycles. The zero-order valence-corrected chi connectivity index (χ0v) is 12.8. The van der Waals surface area contributed by atoms with Crippen LogP contribution in [0.15, 0.2) is 0 Å². The van der Waals surface area contributed by atoms with Crippen molar-refractivity contribution in [1.29, 1.82) is 0 Å². The van der Waals surface area contributed by atoms with Crippen LogP contribution in [0, 0.1) is 0 Å². The quantitative estimate of drug-likeness (QED) is 0.190. The van der Waals surface area contributed by atoms with Crippen molar-refractivity contribution in [2.24, 2.45) is 5.73 Å². The Morgan fingerprint density at radius 3 is 1.90 bits per heavy atom. The van der Waals surface area contributed by atoms with Gasteiger partial charge in [0.25, 0.3) is 5.91 Å². The molecule has 1 atom stereocenters. The molecule has 0 radical (unpaired) electrons. The number of thiol groups is 1. The number of unbranched alkanes of at least 4 members (excludes halogenated alkanes) is 8. The molecule has 0 fully saturated rings. The van der Waals surface area contributed by atoms with Crippen molar-refractivity contribution in [1.82, 2.24) is 0 Å². The SMILES string of the molecule is CCCCCCCCCCCC(=O)OC(S)C(N)=O.[KH]. The monoisotopic (exact) mass is 329 g/mol. The van der Waals surface area contributed by atoms with Crippen LogP contribution in [0.2, 0.25) is 0 Å². The van der Waals surface area contributed by atoms with Gasteiger partial charge in [-0.1, -0.05) is 58.3 Å². The van der Waals surface area contributed by atoms with E-state index in [1.54, 1.807) is 0 Å². The van der Waals surface area contributed by atoms with Gasteiger partial charge in [0.2, 0.25) is 5.44 Å². The molecule has 0 bridgehead atoms. The van der Waals surface area contributed by atoms with E-state index in [1.807, 2.05) is 0 Å². The molecule has 0 aliphatic heterocycles. The Morgan fingerprint density at radius 1 is 1.00 bits per heavy atom. The summed E-state index contributed by atoms with van der Waals surface area (Å²) in [6.45, 7) is 2.21. The molecule has 0 aromatic rings. The third-order valence-corrected chi connectivity index (χ3v) is 3.33. The van der Waals surface area contributed by atoms with Gasteiger partial charge in [0.1, 0.15) is 0 Å². The van der Waals surface area contributed by atoms with Crippen molar-refractivity contribution in [3.8, 4) is 0 Å². The van der Waals surface area contributed by atoms with E-state index >= 15 is 0 Å².